The highest BCUT2D eigenvalue weighted by Crippen LogP contribution is 2.31. The summed E-state index contributed by atoms with van der Waals surface area (Å²) in [6.45, 7) is 4.85. The fourth-order valence-corrected chi connectivity index (χ4v) is 2.14. The van der Waals surface area contributed by atoms with Crippen LogP contribution in [0.15, 0.2) is 47.6 Å². The Morgan fingerprint density at radius 3 is 2.52 bits per heavy atom. The summed E-state index contributed by atoms with van der Waals surface area (Å²) >= 11 is 0. The molecule has 9 heteroatoms. The van der Waals surface area contributed by atoms with Crippen LogP contribution in [-0.4, -0.2) is 16.5 Å². The van der Waals surface area contributed by atoms with Gasteiger partial charge in [0.2, 0.25) is 5.95 Å². The van der Waals surface area contributed by atoms with Crippen molar-refractivity contribution in [3.63, 3.8) is 0 Å². The lowest BCUT2D eigenvalue weighted by Crippen LogP contribution is -2.11. The van der Waals surface area contributed by atoms with E-state index in [0.717, 1.165) is 17.7 Å². The number of alkyl halides is 2. The molecular weight excluding hydrogens is 357 g/mol. The first kappa shape index (κ1) is 20.3. The molecule has 0 aliphatic carbocycles. The number of anilines is 2. The van der Waals surface area contributed by atoms with Crippen molar-refractivity contribution in [3.8, 4) is 0 Å². The molecule has 0 aliphatic heterocycles. The van der Waals surface area contributed by atoms with Crippen LogP contribution in [0.5, 0.6) is 0 Å². The molecule has 1 aromatic carbocycles. The third kappa shape index (κ3) is 5.77. The topological polar surface area (TPSA) is 86.0 Å². The molecule has 0 spiro atoms. The summed E-state index contributed by atoms with van der Waals surface area (Å²) in [7, 11) is 0. The molecule has 0 unspecified atom stereocenters. The normalized spacial score (nSPS) is 12.2. The van der Waals surface area contributed by atoms with Gasteiger partial charge >= 0.3 is 0 Å². The van der Waals surface area contributed by atoms with Crippen molar-refractivity contribution in [2.75, 3.05) is 17.2 Å². The Hall–Kier alpha value is -2.97. The fourth-order valence-electron chi connectivity index (χ4n) is 2.14. The Kier molecular flexibility index (Phi) is 6.49. The van der Waals surface area contributed by atoms with Gasteiger partial charge in [-0.2, -0.15) is 5.11 Å². The number of hydrogen-bond acceptors (Lipinski definition) is 6. The standard InChI is InChI=1S/C18H21F3N6/c1-11(2)12-7-24-17(25-8-12)26-10-14(27-22)9-23-13-4-5-16(19)15(6-13)18(3,20)21/h4-9,11,22-23H,10H2,1-3H3,(H,24,25,26)/b14-9-,27-22?. The van der Waals surface area contributed by atoms with Crippen LogP contribution in [0.25, 0.3) is 0 Å². The minimum atomic E-state index is -3.30. The van der Waals surface area contributed by atoms with Gasteiger partial charge in [-0.1, -0.05) is 13.8 Å². The number of nitrogens with zero attached hydrogens (tertiary/aromatic N) is 3. The van der Waals surface area contributed by atoms with Gasteiger partial charge in [0.1, 0.15) is 5.82 Å². The summed E-state index contributed by atoms with van der Waals surface area (Å²) in [6.07, 6.45) is 4.79. The van der Waals surface area contributed by atoms with Crippen LogP contribution in [0.4, 0.5) is 24.8 Å². The van der Waals surface area contributed by atoms with Gasteiger partial charge in [0, 0.05) is 31.2 Å². The summed E-state index contributed by atoms with van der Waals surface area (Å²) < 4.78 is 40.3. The summed E-state index contributed by atoms with van der Waals surface area (Å²) in [5, 5.41) is 9.02. The Labute approximate surface area is 155 Å². The van der Waals surface area contributed by atoms with E-state index < -0.39 is 17.3 Å². The number of rotatable bonds is 8. The van der Waals surface area contributed by atoms with E-state index in [1.807, 2.05) is 13.8 Å². The number of aromatic nitrogens is 2. The van der Waals surface area contributed by atoms with Gasteiger partial charge in [0.15, 0.2) is 0 Å². The first-order chi connectivity index (χ1) is 12.7. The highest BCUT2D eigenvalue weighted by molar-refractivity contribution is 5.49. The van der Waals surface area contributed by atoms with Gasteiger partial charge in [-0.25, -0.2) is 28.7 Å². The second kappa shape index (κ2) is 8.61. The van der Waals surface area contributed by atoms with Crippen molar-refractivity contribution in [3.05, 3.63) is 59.4 Å². The van der Waals surface area contributed by atoms with Crippen LogP contribution in [0.2, 0.25) is 0 Å². The van der Waals surface area contributed by atoms with Crippen LogP contribution in [-0.2, 0) is 5.92 Å². The van der Waals surface area contributed by atoms with Crippen LogP contribution >= 0.6 is 0 Å². The lowest BCUT2D eigenvalue weighted by atomic mass is 10.1. The van der Waals surface area contributed by atoms with E-state index >= 15 is 0 Å². The van der Waals surface area contributed by atoms with E-state index in [4.69, 9.17) is 5.53 Å². The van der Waals surface area contributed by atoms with E-state index in [9.17, 15) is 13.2 Å². The smallest absolute Gasteiger partial charge is 0.273 e. The Balaban J connectivity index is 2.03. The molecular formula is C18H21F3N6. The zero-order chi connectivity index (χ0) is 20.0. The van der Waals surface area contributed by atoms with Crippen molar-refractivity contribution < 1.29 is 13.2 Å². The third-order valence-corrected chi connectivity index (χ3v) is 3.75. The van der Waals surface area contributed by atoms with Gasteiger partial charge in [-0.05, 0) is 29.7 Å². The van der Waals surface area contributed by atoms with Gasteiger partial charge in [0.05, 0.1) is 17.8 Å². The Bertz CT molecular complexity index is 813. The molecule has 144 valence electrons. The SMILES string of the molecule is CC(C)c1cnc(NC/C(=C/Nc2ccc(F)c(C(C)(F)F)c2)N=N)nc1. The second-order valence-electron chi connectivity index (χ2n) is 6.32. The minimum Gasteiger partial charge on any atom is -0.360 e. The number of benzene rings is 1. The van der Waals surface area contributed by atoms with Crippen LogP contribution in [0.3, 0.4) is 0 Å². The second-order valence-corrected chi connectivity index (χ2v) is 6.32. The molecule has 2 rings (SSSR count). The molecule has 0 amide bonds. The summed E-state index contributed by atoms with van der Waals surface area (Å²) in [5.74, 6) is -3.58. The number of hydrogen-bond donors (Lipinski definition) is 3. The molecule has 0 bridgehead atoms. The molecule has 0 saturated carbocycles. The monoisotopic (exact) mass is 378 g/mol. The number of nitrogens with one attached hydrogen (secondary N) is 3. The van der Waals surface area contributed by atoms with Crippen molar-refractivity contribution in [1.29, 1.82) is 5.53 Å². The maximum Gasteiger partial charge on any atom is 0.273 e. The van der Waals surface area contributed by atoms with Crippen molar-refractivity contribution in [1.82, 2.24) is 9.97 Å². The van der Waals surface area contributed by atoms with Crippen LogP contribution in [0, 0.1) is 11.3 Å². The third-order valence-electron chi connectivity index (χ3n) is 3.75. The molecule has 3 N–H and O–H groups in total. The lowest BCUT2D eigenvalue weighted by molar-refractivity contribution is 0.0138. The average Bonchev–Trinajstić information content (AvgIpc) is 2.62. The minimum absolute atomic E-state index is 0.148. The predicted molar refractivity (Wildman–Crippen MR) is 97.4 cm³/mol. The molecule has 0 aliphatic rings. The molecule has 0 fully saturated rings. The summed E-state index contributed by atoms with van der Waals surface area (Å²) in [4.78, 5) is 8.35. The van der Waals surface area contributed by atoms with E-state index in [1.54, 1.807) is 12.4 Å². The van der Waals surface area contributed by atoms with E-state index in [0.29, 0.717) is 18.8 Å². The van der Waals surface area contributed by atoms with Gasteiger partial charge in [-0.3, -0.25) is 0 Å². The van der Waals surface area contributed by atoms with Crippen LogP contribution in [0.1, 0.15) is 37.8 Å². The molecule has 0 radical (unpaired) electrons. The first-order valence-electron chi connectivity index (χ1n) is 8.27. The van der Waals surface area contributed by atoms with Gasteiger partial charge in [0.25, 0.3) is 5.92 Å². The quantitative estimate of drug-likeness (QED) is 0.548. The lowest BCUT2D eigenvalue weighted by Gasteiger charge is -2.13. The highest BCUT2D eigenvalue weighted by Gasteiger charge is 2.28. The predicted octanol–water partition coefficient (Wildman–Crippen LogP) is 5.25. The molecule has 1 heterocycles. The maximum absolute atomic E-state index is 13.5. The first-order valence-corrected chi connectivity index (χ1v) is 8.27. The molecule has 1 aromatic heterocycles. The molecule has 27 heavy (non-hydrogen) atoms. The molecule has 0 saturated heterocycles. The zero-order valence-corrected chi connectivity index (χ0v) is 15.2. The van der Waals surface area contributed by atoms with Crippen molar-refractivity contribution in [2.45, 2.75) is 32.6 Å². The van der Waals surface area contributed by atoms with Crippen molar-refractivity contribution >= 4 is 11.6 Å². The van der Waals surface area contributed by atoms with Crippen molar-refractivity contribution in [2.24, 2.45) is 5.11 Å². The van der Waals surface area contributed by atoms with E-state index in [2.05, 4.69) is 25.7 Å². The number of halogens is 3. The molecule has 6 nitrogen and oxygen atoms in total. The molecule has 0 atom stereocenters. The highest BCUT2D eigenvalue weighted by atomic mass is 19.3. The largest absolute Gasteiger partial charge is 0.360 e. The summed E-state index contributed by atoms with van der Waals surface area (Å²) in [6, 6.07) is 3.31. The van der Waals surface area contributed by atoms with E-state index in [-0.39, 0.29) is 17.9 Å². The molecule has 2 aromatic rings. The Morgan fingerprint density at radius 2 is 1.96 bits per heavy atom. The zero-order valence-electron chi connectivity index (χ0n) is 15.2. The van der Waals surface area contributed by atoms with Gasteiger partial charge in [-0.15, -0.1) is 0 Å². The fraction of sp³-hybridized carbons (Fsp3) is 0.333. The van der Waals surface area contributed by atoms with E-state index in [1.165, 1.54) is 12.3 Å². The average molecular weight is 378 g/mol. The van der Waals surface area contributed by atoms with Gasteiger partial charge < -0.3 is 10.6 Å². The van der Waals surface area contributed by atoms with Crippen LogP contribution < -0.4 is 10.6 Å². The maximum atomic E-state index is 13.5. The summed E-state index contributed by atoms with van der Waals surface area (Å²) in [5.41, 5.74) is 8.04. The Morgan fingerprint density at radius 1 is 1.30 bits per heavy atom.